The average molecular weight is 549 g/mol. The smallest absolute Gasteiger partial charge is 0.233 e. The lowest BCUT2D eigenvalue weighted by Gasteiger charge is -2.05. The number of benzene rings is 3. The summed E-state index contributed by atoms with van der Waals surface area (Å²) in [5.41, 5.74) is -5.07. The Balaban J connectivity index is 1.55. The number of rotatable bonds is 7. The molecule has 37 heavy (non-hydrogen) atoms. The van der Waals surface area contributed by atoms with Crippen molar-refractivity contribution in [2.45, 2.75) is 20.8 Å². The van der Waals surface area contributed by atoms with Crippen LogP contribution >= 0.6 is 23.5 Å². The molecule has 0 aliphatic carbocycles. The van der Waals surface area contributed by atoms with Crippen LogP contribution in [0.5, 0.6) is 0 Å². The van der Waals surface area contributed by atoms with Gasteiger partial charge in [0.25, 0.3) is 0 Å². The Morgan fingerprint density at radius 3 is 1.57 bits per heavy atom. The number of aromatic nitrogens is 2. The summed E-state index contributed by atoms with van der Waals surface area (Å²) in [5.74, 6) is 0. The van der Waals surface area contributed by atoms with Gasteiger partial charge < -0.3 is 0 Å². The zero-order chi connectivity index (χ0) is 26.5. The molecule has 0 unspecified atom stereocenters. The van der Waals surface area contributed by atoms with Crippen molar-refractivity contribution in [2.75, 3.05) is 0 Å². The number of hydrogen-bond donors (Lipinski definition) is 0. The molecule has 1 aromatic heterocycles. The molecule has 190 valence electrons. The molecule has 4 aromatic rings. The molecule has 0 fully saturated rings. The van der Waals surface area contributed by atoms with Crippen LogP contribution in [0.2, 0.25) is 0 Å². The molecular formula is C27H18F6N2S2. The van der Waals surface area contributed by atoms with Crippen molar-refractivity contribution in [1.29, 1.82) is 0 Å². The first-order valence-corrected chi connectivity index (χ1v) is 12.4. The topological polar surface area (TPSA) is 17.8 Å². The highest BCUT2D eigenvalue weighted by Gasteiger charge is 2.29. The summed E-state index contributed by atoms with van der Waals surface area (Å²) in [4.78, 5) is 0.215. The summed E-state index contributed by atoms with van der Waals surface area (Å²) in [6, 6.07) is 23.3. The van der Waals surface area contributed by atoms with Gasteiger partial charge in [0.15, 0.2) is 0 Å². The zero-order valence-electron chi connectivity index (χ0n) is 18.9. The summed E-state index contributed by atoms with van der Waals surface area (Å²) in [5, 5.41) is 4.63. The highest BCUT2D eigenvalue weighted by Crippen LogP contribution is 2.37. The lowest BCUT2D eigenvalue weighted by molar-refractivity contribution is -0.0337. The maximum absolute atomic E-state index is 12.6. The van der Waals surface area contributed by atoms with Crippen LogP contribution in [0.1, 0.15) is 22.5 Å². The van der Waals surface area contributed by atoms with Crippen molar-refractivity contribution < 1.29 is 26.3 Å². The minimum absolute atomic E-state index is 0.107. The summed E-state index contributed by atoms with van der Waals surface area (Å²) in [6.45, 7) is 0. The maximum atomic E-state index is 12.6. The molecule has 0 N–H and O–H groups in total. The molecule has 0 saturated carbocycles. The highest BCUT2D eigenvalue weighted by atomic mass is 32.2. The molecule has 0 aliphatic heterocycles. The molecule has 1 heterocycles. The number of halogens is 6. The van der Waals surface area contributed by atoms with Crippen LogP contribution in [0, 0.1) is 0 Å². The Hall–Kier alpha value is -3.37. The lowest BCUT2D eigenvalue weighted by atomic mass is 10.2. The fraction of sp³-hybridized carbons (Fsp3) is 0.0741. The molecule has 4 rings (SSSR count). The van der Waals surface area contributed by atoms with Gasteiger partial charge in [0.1, 0.15) is 0 Å². The van der Waals surface area contributed by atoms with Gasteiger partial charge in [-0.15, -0.1) is 0 Å². The summed E-state index contributed by atoms with van der Waals surface area (Å²) < 4.78 is 77.0. The zero-order valence-corrected chi connectivity index (χ0v) is 20.5. The van der Waals surface area contributed by atoms with E-state index in [4.69, 9.17) is 0 Å². The number of hydrogen-bond acceptors (Lipinski definition) is 3. The van der Waals surface area contributed by atoms with Crippen molar-refractivity contribution in [3.05, 3.63) is 107 Å². The fourth-order valence-electron chi connectivity index (χ4n) is 3.32. The van der Waals surface area contributed by atoms with Gasteiger partial charge in [-0.25, -0.2) is 4.68 Å². The average Bonchev–Trinajstić information content (AvgIpc) is 3.25. The van der Waals surface area contributed by atoms with Crippen molar-refractivity contribution in [3.8, 4) is 5.69 Å². The Morgan fingerprint density at radius 1 is 0.595 bits per heavy atom. The van der Waals surface area contributed by atoms with Gasteiger partial charge in [-0.2, -0.15) is 31.4 Å². The number of thioether (sulfide) groups is 2. The van der Waals surface area contributed by atoms with Crippen LogP contribution in [0.3, 0.4) is 0 Å². The van der Waals surface area contributed by atoms with E-state index in [0.29, 0.717) is 5.69 Å². The predicted molar refractivity (Wildman–Crippen MR) is 138 cm³/mol. The van der Waals surface area contributed by atoms with E-state index in [2.05, 4.69) is 5.10 Å². The molecular weight excluding hydrogens is 530 g/mol. The fourth-order valence-corrected chi connectivity index (χ4v) is 4.39. The van der Waals surface area contributed by atoms with Crippen molar-refractivity contribution >= 4 is 47.8 Å². The predicted octanol–water partition coefficient (Wildman–Crippen LogP) is 9.44. The van der Waals surface area contributed by atoms with Crippen LogP contribution in [0.4, 0.5) is 26.3 Å². The second kappa shape index (κ2) is 11.4. The largest absolute Gasteiger partial charge is 0.446 e. The van der Waals surface area contributed by atoms with E-state index in [1.807, 2.05) is 42.5 Å². The minimum atomic E-state index is -4.34. The first kappa shape index (κ1) is 26.7. The Bertz CT molecular complexity index is 1370. The van der Waals surface area contributed by atoms with Crippen LogP contribution in [-0.2, 0) is 0 Å². The third kappa shape index (κ3) is 8.33. The van der Waals surface area contributed by atoms with E-state index in [1.54, 1.807) is 47.2 Å². The standard InChI is InChI=1S/C27H18F6N2S2/c28-26(29,30)36-24-14-8-19(9-15-24)6-12-21-18-23(35(34-21)22-4-2-1-3-5-22)13-7-20-10-16-25(17-11-20)37-27(31,32)33/h1-18H. The quantitative estimate of drug-likeness (QED) is 0.169. The monoisotopic (exact) mass is 548 g/mol. The third-order valence-electron chi connectivity index (χ3n) is 4.88. The van der Waals surface area contributed by atoms with Crippen molar-refractivity contribution in [3.63, 3.8) is 0 Å². The molecule has 2 nitrogen and oxygen atoms in total. The second-order valence-corrected chi connectivity index (χ2v) is 9.92. The molecule has 0 spiro atoms. The highest BCUT2D eigenvalue weighted by molar-refractivity contribution is 8.00. The molecule has 0 saturated heterocycles. The normalized spacial score (nSPS) is 12.6. The van der Waals surface area contributed by atoms with E-state index in [9.17, 15) is 26.3 Å². The van der Waals surface area contributed by atoms with Crippen molar-refractivity contribution in [1.82, 2.24) is 9.78 Å². The van der Waals surface area contributed by atoms with Gasteiger partial charge in [-0.3, -0.25) is 0 Å². The molecule has 0 atom stereocenters. The van der Waals surface area contributed by atoms with Gasteiger partial charge in [0.05, 0.1) is 17.1 Å². The number of nitrogens with zero attached hydrogens (tertiary/aromatic N) is 2. The summed E-state index contributed by atoms with van der Waals surface area (Å²) >= 11 is -0.328. The maximum Gasteiger partial charge on any atom is 0.446 e. The Morgan fingerprint density at radius 2 is 1.08 bits per heavy atom. The number of alkyl halides is 6. The Labute approximate surface area is 217 Å². The van der Waals surface area contributed by atoms with Crippen LogP contribution in [0.25, 0.3) is 30.0 Å². The SMILES string of the molecule is FC(F)(F)Sc1ccc(C=Cc2cc(C=Cc3ccc(SC(F)(F)F)cc3)n(-c3ccccc3)n2)cc1. The van der Waals surface area contributed by atoms with Gasteiger partial charge in [-0.1, -0.05) is 54.6 Å². The van der Waals surface area contributed by atoms with Crippen LogP contribution in [0.15, 0.2) is 94.7 Å². The summed E-state index contributed by atoms with van der Waals surface area (Å²) in [7, 11) is 0. The molecule has 10 heteroatoms. The second-order valence-electron chi connectivity index (χ2n) is 7.64. The van der Waals surface area contributed by atoms with Crippen molar-refractivity contribution in [2.24, 2.45) is 0 Å². The van der Waals surface area contributed by atoms with Gasteiger partial charge >= 0.3 is 11.0 Å². The van der Waals surface area contributed by atoms with E-state index in [1.165, 1.54) is 24.3 Å². The van der Waals surface area contributed by atoms with Gasteiger partial charge in [0, 0.05) is 9.79 Å². The molecule has 0 radical (unpaired) electrons. The third-order valence-corrected chi connectivity index (χ3v) is 6.36. The molecule has 3 aromatic carbocycles. The van der Waals surface area contributed by atoms with E-state index >= 15 is 0 Å². The first-order chi connectivity index (χ1) is 17.5. The van der Waals surface area contributed by atoms with E-state index in [-0.39, 0.29) is 33.3 Å². The first-order valence-electron chi connectivity index (χ1n) is 10.8. The minimum Gasteiger partial charge on any atom is -0.233 e. The van der Waals surface area contributed by atoms with Crippen LogP contribution in [-0.4, -0.2) is 20.8 Å². The van der Waals surface area contributed by atoms with E-state index < -0.39 is 11.0 Å². The summed E-state index contributed by atoms with van der Waals surface area (Å²) in [6.07, 6.45) is 7.10. The Kier molecular flexibility index (Phi) is 8.19. The molecule has 0 bridgehead atoms. The van der Waals surface area contributed by atoms with E-state index in [0.717, 1.165) is 22.5 Å². The van der Waals surface area contributed by atoms with Gasteiger partial charge in [0.2, 0.25) is 0 Å². The van der Waals surface area contributed by atoms with Gasteiger partial charge in [-0.05, 0) is 89.3 Å². The molecule has 0 amide bonds. The molecule has 0 aliphatic rings. The lowest BCUT2D eigenvalue weighted by Crippen LogP contribution is -1.99. The number of para-hydroxylation sites is 1. The van der Waals surface area contributed by atoms with Crippen LogP contribution < -0.4 is 0 Å².